The molecular weight excluding hydrogens is 464 g/mol. The Balaban J connectivity index is 1.29. The summed E-state index contributed by atoms with van der Waals surface area (Å²) < 4.78 is 7.05. The minimum absolute atomic E-state index is 0.0207. The molecule has 184 valence electrons. The fourth-order valence-corrected chi connectivity index (χ4v) is 6.14. The molecule has 8 nitrogen and oxygen atoms in total. The number of aryl methyl sites for hydroxylation is 2. The van der Waals surface area contributed by atoms with Gasteiger partial charge in [-0.05, 0) is 43.0 Å². The van der Waals surface area contributed by atoms with Crippen LogP contribution in [0.2, 0.25) is 0 Å². The fraction of sp³-hybridized carbons (Fsp3) is 0.462. The summed E-state index contributed by atoms with van der Waals surface area (Å²) >= 11 is 1.32. The zero-order chi connectivity index (χ0) is 24.5. The molecule has 2 amide bonds. The molecule has 0 atom stereocenters. The fourth-order valence-electron chi connectivity index (χ4n) is 4.99. The molecular formula is C26H30N4O4S. The quantitative estimate of drug-likeness (QED) is 0.557. The maximum Gasteiger partial charge on any atom is 0.264 e. The zero-order valence-corrected chi connectivity index (χ0v) is 21.0. The van der Waals surface area contributed by atoms with E-state index < -0.39 is 0 Å². The van der Waals surface area contributed by atoms with Crippen LogP contribution in [0.3, 0.4) is 0 Å². The van der Waals surface area contributed by atoms with Gasteiger partial charge in [-0.15, -0.1) is 11.3 Å². The van der Waals surface area contributed by atoms with E-state index in [0.717, 1.165) is 48.4 Å². The number of benzene rings is 1. The van der Waals surface area contributed by atoms with Crippen LogP contribution in [0.5, 0.6) is 5.75 Å². The van der Waals surface area contributed by atoms with E-state index in [1.807, 2.05) is 36.1 Å². The maximum atomic E-state index is 13.4. The number of carbonyl (C=O) groups excluding carboxylic acids is 2. The van der Waals surface area contributed by atoms with Gasteiger partial charge in [0.05, 0.1) is 23.8 Å². The van der Waals surface area contributed by atoms with E-state index in [1.54, 1.807) is 16.6 Å². The van der Waals surface area contributed by atoms with Gasteiger partial charge in [0, 0.05) is 39.1 Å². The third-order valence-corrected chi connectivity index (χ3v) is 8.19. The van der Waals surface area contributed by atoms with Crippen LogP contribution >= 0.6 is 11.3 Å². The highest BCUT2D eigenvalue weighted by molar-refractivity contribution is 7.20. The normalized spacial score (nSPS) is 16.2. The van der Waals surface area contributed by atoms with E-state index in [2.05, 4.69) is 0 Å². The largest absolute Gasteiger partial charge is 0.497 e. The molecule has 2 aliphatic heterocycles. The second-order valence-electron chi connectivity index (χ2n) is 9.23. The Bertz CT molecular complexity index is 1340. The van der Waals surface area contributed by atoms with Crippen molar-refractivity contribution in [3.05, 3.63) is 56.4 Å². The number of nitrogens with zero attached hydrogens (tertiary/aromatic N) is 4. The highest BCUT2D eigenvalue weighted by Crippen LogP contribution is 2.30. The third-order valence-electron chi connectivity index (χ3n) is 7.01. The van der Waals surface area contributed by atoms with Gasteiger partial charge in [-0.1, -0.05) is 18.6 Å². The summed E-state index contributed by atoms with van der Waals surface area (Å²) in [6.07, 6.45) is 4.23. The number of fused-ring (bicyclic) bond motifs is 2. The number of hydrogen-bond acceptors (Lipinski definition) is 6. The van der Waals surface area contributed by atoms with Crippen LogP contribution in [0.1, 0.15) is 45.9 Å². The molecule has 1 saturated heterocycles. The Morgan fingerprint density at radius 1 is 1.06 bits per heavy atom. The van der Waals surface area contributed by atoms with Crippen molar-refractivity contribution in [2.24, 2.45) is 0 Å². The molecule has 9 heteroatoms. The van der Waals surface area contributed by atoms with Crippen molar-refractivity contribution in [2.75, 3.05) is 33.3 Å². The lowest BCUT2D eigenvalue weighted by Crippen LogP contribution is -2.51. The molecule has 0 unspecified atom stereocenters. The van der Waals surface area contributed by atoms with Gasteiger partial charge in [-0.25, -0.2) is 4.98 Å². The number of methoxy groups -OCH3 is 1. The van der Waals surface area contributed by atoms with Gasteiger partial charge in [0.2, 0.25) is 5.91 Å². The molecule has 1 aromatic carbocycles. The molecule has 0 saturated carbocycles. The van der Waals surface area contributed by atoms with Crippen LogP contribution in [0.4, 0.5) is 0 Å². The average molecular weight is 495 g/mol. The Morgan fingerprint density at radius 2 is 1.83 bits per heavy atom. The molecule has 0 spiro atoms. The lowest BCUT2D eigenvalue weighted by atomic mass is 10.1. The van der Waals surface area contributed by atoms with Crippen molar-refractivity contribution in [1.82, 2.24) is 19.4 Å². The van der Waals surface area contributed by atoms with E-state index in [1.165, 1.54) is 11.3 Å². The summed E-state index contributed by atoms with van der Waals surface area (Å²) in [7, 11) is 1.61. The van der Waals surface area contributed by atoms with Crippen LogP contribution in [-0.4, -0.2) is 64.5 Å². The first-order valence-electron chi connectivity index (χ1n) is 12.2. The number of carbonyl (C=O) groups is 2. The average Bonchev–Trinajstić information content (AvgIpc) is 3.03. The first-order valence-corrected chi connectivity index (χ1v) is 13.0. The van der Waals surface area contributed by atoms with Gasteiger partial charge >= 0.3 is 0 Å². The molecule has 4 heterocycles. The van der Waals surface area contributed by atoms with E-state index in [0.29, 0.717) is 54.2 Å². The van der Waals surface area contributed by atoms with Crippen LogP contribution < -0.4 is 10.3 Å². The van der Waals surface area contributed by atoms with Crippen LogP contribution in [0, 0.1) is 6.92 Å². The number of amides is 2. The molecule has 2 aliphatic rings. The van der Waals surface area contributed by atoms with Crippen LogP contribution in [0.25, 0.3) is 10.2 Å². The lowest BCUT2D eigenvalue weighted by molar-refractivity contribution is -0.131. The number of hydrogen-bond donors (Lipinski definition) is 0. The summed E-state index contributed by atoms with van der Waals surface area (Å²) in [5.41, 5.74) is 1.61. The first-order chi connectivity index (χ1) is 17.0. The minimum Gasteiger partial charge on any atom is -0.497 e. The van der Waals surface area contributed by atoms with Gasteiger partial charge in [-0.3, -0.25) is 19.0 Å². The highest BCUT2D eigenvalue weighted by Gasteiger charge is 2.29. The SMILES string of the molecule is COc1cccc(CC(=O)N2CCN(C(=O)c3sc4nc5n(c(=O)c4c3C)CCCCC5)CC2)c1. The van der Waals surface area contributed by atoms with Crippen molar-refractivity contribution >= 4 is 33.4 Å². The summed E-state index contributed by atoms with van der Waals surface area (Å²) in [6, 6.07) is 7.53. The van der Waals surface area contributed by atoms with Gasteiger partial charge in [0.15, 0.2) is 0 Å². The molecule has 0 radical (unpaired) electrons. The predicted molar refractivity (Wildman–Crippen MR) is 135 cm³/mol. The molecule has 0 N–H and O–H groups in total. The summed E-state index contributed by atoms with van der Waals surface area (Å²) in [6.45, 7) is 4.48. The lowest BCUT2D eigenvalue weighted by Gasteiger charge is -2.34. The number of rotatable bonds is 4. The second kappa shape index (κ2) is 9.81. The topological polar surface area (TPSA) is 84.7 Å². The van der Waals surface area contributed by atoms with Gasteiger partial charge in [0.25, 0.3) is 11.5 Å². The number of thiophene rings is 1. The van der Waals surface area contributed by atoms with E-state index >= 15 is 0 Å². The van der Waals surface area contributed by atoms with Gasteiger partial charge < -0.3 is 14.5 Å². The van der Waals surface area contributed by atoms with Crippen molar-refractivity contribution in [2.45, 2.75) is 45.6 Å². The summed E-state index contributed by atoms with van der Waals surface area (Å²) in [5, 5.41) is 0.580. The van der Waals surface area contributed by atoms with Crippen LogP contribution in [-0.2, 0) is 24.2 Å². The Kier molecular flexibility index (Phi) is 6.60. The predicted octanol–water partition coefficient (Wildman–Crippen LogP) is 3.03. The number of piperazine rings is 1. The smallest absolute Gasteiger partial charge is 0.264 e. The summed E-state index contributed by atoms with van der Waals surface area (Å²) in [5.74, 6) is 1.53. The van der Waals surface area contributed by atoms with Crippen molar-refractivity contribution in [3.8, 4) is 5.75 Å². The molecule has 0 bridgehead atoms. The van der Waals surface area contributed by atoms with Gasteiger partial charge in [0.1, 0.15) is 16.4 Å². The third kappa shape index (κ3) is 4.57. The van der Waals surface area contributed by atoms with Gasteiger partial charge in [-0.2, -0.15) is 0 Å². The van der Waals surface area contributed by atoms with E-state index in [4.69, 9.17) is 9.72 Å². The Labute approximate surface area is 208 Å². The second-order valence-corrected chi connectivity index (χ2v) is 10.2. The molecule has 3 aromatic rings. The maximum absolute atomic E-state index is 13.4. The van der Waals surface area contributed by atoms with Crippen molar-refractivity contribution in [3.63, 3.8) is 0 Å². The summed E-state index contributed by atoms with van der Waals surface area (Å²) in [4.78, 5) is 49.1. The van der Waals surface area contributed by atoms with Crippen molar-refractivity contribution < 1.29 is 14.3 Å². The van der Waals surface area contributed by atoms with Crippen molar-refractivity contribution in [1.29, 1.82) is 0 Å². The van der Waals surface area contributed by atoms with Crippen LogP contribution in [0.15, 0.2) is 29.1 Å². The zero-order valence-electron chi connectivity index (χ0n) is 20.2. The molecule has 2 aromatic heterocycles. The number of aromatic nitrogens is 2. The monoisotopic (exact) mass is 494 g/mol. The number of ether oxygens (including phenoxy) is 1. The van der Waals surface area contributed by atoms with E-state index in [-0.39, 0.29) is 17.4 Å². The van der Waals surface area contributed by atoms with E-state index in [9.17, 15) is 14.4 Å². The standard InChI is InChI=1S/C26H30N4O4S/c1-17-22-24(27-20-9-4-3-5-10-30(20)25(22)32)35-23(17)26(33)29-13-11-28(12-14-29)21(31)16-18-7-6-8-19(15-18)34-2/h6-8,15H,3-5,9-14,16H2,1-2H3. The highest BCUT2D eigenvalue weighted by atomic mass is 32.1. The molecule has 0 aliphatic carbocycles. The first kappa shape index (κ1) is 23.5. The Morgan fingerprint density at radius 3 is 2.60 bits per heavy atom. The molecule has 35 heavy (non-hydrogen) atoms. The molecule has 5 rings (SSSR count). The minimum atomic E-state index is -0.0787. The Hall–Kier alpha value is -3.20. The molecule has 1 fully saturated rings.